The number of hydrogen-bond acceptors (Lipinski definition) is 3. The largest absolute Gasteiger partial charge is 1.00 e. The van der Waals surface area contributed by atoms with Gasteiger partial charge in [-0.1, -0.05) is 0 Å². The molecule has 1 N–H and O–H groups in total. The third kappa shape index (κ3) is 15.6. The summed E-state index contributed by atoms with van der Waals surface area (Å²) in [6, 6.07) is 0. The van der Waals surface area contributed by atoms with Gasteiger partial charge in [0.2, 0.25) is 0 Å². The van der Waals surface area contributed by atoms with E-state index in [1.165, 1.54) is 0 Å². The van der Waals surface area contributed by atoms with Gasteiger partial charge in [0.25, 0.3) is 0 Å². The Morgan fingerprint density at radius 1 is 1.62 bits per heavy atom. The van der Waals surface area contributed by atoms with Crippen molar-refractivity contribution in [3.05, 3.63) is 0 Å². The average molecular weight is 313 g/mol. The molecular weight excluding hydrogens is 311 g/mol. The van der Waals surface area contributed by atoms with Crippen molar-refractivity contribution in [1.29, 1.82) is 0 Å². The summed E-state index contributed by atoms with van der Waals surface area (Å²) in [5, 5.41) is 0. The SMILES string of the molecule is [B]OS(=O)(=O)O.[H-].[Na+].[Ta]. The third-order valence-corrected chi connectivity index (χ3v) is 0.365. The van der Waals surface area contributed by atoms with E-state index < -0.39 is 10.4 Å². The first-order valence-corrected chi connectivity index (χ1v) is 2.28. The molecule has 0 aromatic heterocycles. The molecule has 3 radical (unpaired) electrons. The Morgan fingerprint density at radius 2 is 1.75 bits per heavy atom. The van der Waals surface area contributed by atoms with Gasteiger partial charge in [-0.2, -0.15) is 8.42 Å². The predicted octanol–water partition coefficient (Wildman–Crippen LogP) is -4.00. The van der Waals surface area contributed by atoms with Crippen molar-refractivity contribution in [3.63, 3.8) is 0 Å². The van der Waals surface area contributed by atoms with E-state index in [-0.39, 0.29) is 53.4 Å². The molecule has 4 nitrogen and oxygen atoms in total. The number of rotatable bonds is 1. The summed E-state index contributed by atoms with van der Waals surface area (Å²) >= 11 is 0. The molecule has 0 aliphatic rings. The van der Waals surface area contributed by atoms with Crippen molar-refractivity contribution in [2.75, 3.05) is 0 Å². The summed E-state index contributed by atoms with van der Waals surface area (Å²) < 4.78 is 28.8. The molecule has 0 aliphatic heterocycles. The predicted molar refractivity (Wildman–Crippen MR) is 19.5 cm³/mol. The molecule has 41 valence electrons. The molecule has 8 heteroatoms. The van der Waals surface area contributed by atoms with Crippen LogP contribution in [0, 0.1) is 0 Å². The summed E-state index contributed by atoms with van der Waals surface area (Å²) in [4.78, 5) is 0. The summed E-state index contributed by atoms with van der Waals surface area (Å²) in [5.41, 5.74) is 0. The van der Waals surface area contributed by atoms with Crippen molar-refractivity contribution in [2.45, 2.75) is 0 Å². The molecule has 0 unspecified atom stereocenters. The van der Waals surface area contributed by atoms with Crippen molar-refractivity contribution < 1.29 is 70.4 Å². The van der Waals surface area contributed by atoms with Gasteiger partial charge in [-0.25, -0.2) is 0 Å². The molecule has 0 fully saturated rings. The van der Waals surface area contributed by atoms with Gasteiger partial charge in [-0.15, -0.1) is 0 Å². The van der Waals surface area contributed by atoms with Crippen molar-refractivity contribution in [1.82, 2.24) is 0 Å². The van der Waals surface area contributed by atoms with Crippen LogP contribution in [0.2, 0.25) is 0 Å². The zero-order valence-electron chi connectivity index (χ0n) is 5.10. The van der Waals surface area contributed by atoms with Gasteiger partial charge >= 0.3 is 48.0 Å². The second-order valence-electron chi connectivity index (χ2n) is 0.524. The van der Waals surface area contributed by atoms with Crippen LogP contribution in [-0.2, 0) is 36.9 Å². The molecule has 0 bridgehead atoms. The van der Waals surface area contributed by atoms with Gasteiger partial charge in [0.15, 0.2) is 0 Å². The monoisotopic (exact) mass is 313 g/mol. The summed E-state index contributed by atoms with van der Waals surface area (Å²) in [6.45, 7) is 0. The van der Waals surface area contributed by atoms with Crippen LogP contribution < -0.4 is 29.6 Å². The molecular formula is H2BNaO4STa. The number of hydrogen-bond donors (Lipinski definition) is 1. The second-order valence-corrected chi connectivity index (χ2v) is 1.57. The molecule has 0 aromatic carbocycles. The Balaban J connectivity index is -0.0000000417. The van der Waals surface area contributed by atoms with Crippen LogP contribution in [-0.4, -0.2) is 21.0 Å². The first kappa shape index (κ1) is 16.3. The van der Waals surface area contributed by atoms with E-state index in [0.717, 1.165) is 0 Å². The van der Waals surface area contributed by atoms with E-state index in [1.54, 1.807) is 0 Å². The molecule has 0 rings (SSSR count). The maximum absolute atomic E-state index is 9.21. The molecule has 0 saturated carbocycles. The van der Waals surface area contributed by atoms with Crippen LogP contribution >= 0.6 is 0 Å². The van der Waals surface area contributed by atoms with Crippen LogP contribution in [0.5, 0.6) is 0 Å². The van der Waals surface area contributed by atoms with Gasteiger partial charge < -0.3 is 5.53 Å². The van der Waals surface area contributed by atoms with Gasteiger partial charge in [0.05, 0.1) is 0 Å². The van der Waals surface area contributed by atoms with Crippen LogP contribution in [0.25, 0.3) is 0 Å². The Kier molecular flexibility index (Phi) is 13.9. The molecule has 0 spiro atoms. The van der Waals surface area contributed by atoms with Crippen molar-refractivity contribution >= 4 is 18.4 Å². The van der Waals surface area contributed by atoms with E-state index in [4.69, 9.17) is 4.55 Å². The summed E-state index contributed by atoms with van der Waals surface area (Å²) in [7, 11) is -0.417. The Labute approximate surface area is 88.0 Å². The molecule has 0 heterocycles. The third-order valence-electron chi connectivity index (χ3n) is 0.122. The average Bonchev–Trinajstić information content (AvgIpc) is 1.35. The van der Waals surface area contributed by atoms with Gasteiger partial charge in [-0.05, 0) is 0 Å². The van der Waals surface area contributed by atoms with Crippen LogP contribution in [0.4, 0.5) is 0 Å². The Bertz CT molecular complexity index is 123. The van der Waals surface area contributed by atoms with E-state index in [1.807, 2.05) is 0 Å². The van der Waals surface area contributed by atoms with Gasteiger partial charge in [0.1, 0.15) is 0 Å². The molecule has 0 amide bonds. The smallest absolute Gasteiger partial charge is 1.00 e. The maximum Gasteiger partial charge on any atom is 1.00 e. The Morgan fingerprint density at radius 3 is 1.75 bits per heavy atom. The fraction of sp³-hybridized carbons (Fsp3) is 0. The first-order chi connectivity index (χ1) is 2.56. The minimum atomic E-state index is -4.38. The van der Waals surface area contributed by atoms with E-state index in [2.05, 4.69) is 12.1 Å². The zero-order valence-corrected chi connectivity index (χ0v) is 10.1. The van der Waals surface area contributed by atoms with E-state index in [0.29, 0.717) is 0 Å². The minimum absolute atomic E-state index is 0. The molecule has 0 saturated heterocycles. The molecule has 0 atom stereocenters. The van der Waals surface area contributed by atoms with Crippen molar-refractivity contribution in [3.8, 4) is 0 Å². The maximum atomic E-state index is 9.21. The first-order valence-electron chi connectivity index (χ1n) is 0.918. The fourth-order valence-corrected chi connectivity index (χ4v) is 0. The normalized spacial score (nSPS) is 8.62. The zero-order chi connectivity index (χ0) is 5.21. The van der Waals surface area contributed by atoms with E-state index in [9.17, 15) is 8.42 Å². The van der Waals surface area contributed by atoms with Crippen LogP contribution in [0.15, 0.2) is 0 Å². The minimum Gasteiger partial charge on any atom is -1.00 e. The topological polar surface area (TPSA) is 63.6 Å². The van der Waals surface area contributed by atoms with Crippen molar-refractivity contribution in [2.24, 2.45) is 0 Å². The van der Waals surface area contributed by atoms with Crippen LogP contribution in [0.1, 0.15) is 1.43 Å². The fourth-order valence-electron chi connectivity index (χ4n) is 0. The van der Waals surface area contributed by atoms with Gasteiger partial charge in [-0.3, -0.25) is 4.55 Å². The molecule has 0 aromatic rings. The van der Waals surface area contributed by atoms with E-state index >= 15 is 0 Å². The molecule has 8 heavy (non-hydrogen) atoms. The Hall–Kier alpha value is 1.68. The quantitative estimate of drug-likeness (QED) is 0.396. The second kappa shape index (κ2) is 6.79. The summed E-state index contributed by atoms with van der Waals surface area (Å²) in [6.07, 6.45) is 0. The van der Waals surface area contributed by atoms with Crippen LogP contribution in [0.3, 0.4) is 0 Å². The van der Waals surface area contributed by atoms with Gasteiger partial charge in [0, 0.05) is 22.4 Å². The standard InChI is InChI=1S/BHO4S.Na.Ta.H/c1-5-6(2,3)4;;;/h(H,2,3,4);;;/q;+1;;-1. The summed E-state index contributed by atoms with van der Waals surface area (Å²) in [5.74, 6) is 0. The molecule has 0 aliphatic carbocycles.